The summed E-state index contributed by atoms with van der Waals surface area (Å²) in [5.41, 5.74) is 11.2. The van der Waals surface area contributed by atoms with Crippen LogP contribution in [0, 0.1) is 30.6 Å². The summed E-state index contributed by atoms with van der Waals surface area (Å²) in [7, 11) is 0. The van der Waals surface area contributed by atoms with E-state index in [1.165, 1.54) is 45.2 Å². The van der Waals surface area contributed by atoms with Crippen molar-refractivity contribution in [2.45, 2.75) is 100 Å². The Labute approximate surface area is 310 Å². The third-order valence-corrected chi connectivity index (χ3v) is 10.9. The molecule has 5 heteroatoms. The number of para-hydroxylation sites is 1. The van der Waals surface area contributed by atoms with Gasteiger partial charge in [0.25, 0.3) is 0 Å². The predicted octanol–water partition coefficient (Wildman–Crippen LogP) is 12.7. The fourth-order valence-electron chi connectivity index (χ4n) is 8.79. The number of fused-ring (bicyclic) bond motifs is 3. The number of allylic oxidation sites excluding steroid dienone is 2. The first kappa shape index (κ1) is 35.7. The largest absolute Gasteiger partial charge is 0.457 e. The van der Waals surface area contributed by atoms with E-state index in [1.54, 1.807) is 0 Å². The zero-order chi connectivity index (χ0) is 36.8. The maximum Gasteiger partial charge on any atom is 0.137 e. The average molecular weight is 693 g/mol. The minimum Gasteiger partial charge on any atom is -0.457 e. The highest BCUT2D eigenvalue weighted by molar-refractivity contribution is 6.09. The van der Waals surface area contributed by atoms with E-state index in [2.05, 4.69) is 157 Å². The highest BCUT2D eigenvalue weighted by Gasteiger charge is 2.33. The van der Waals surface area contributed by atoms with Crippen LogP contribution in [0.4, 0.5) is 0 Å². The number of pyridine rings is 1. The third kappa shape index (κ3) is 6.95. The van der Waals surface area contributed by atoms with Crippen LogP contribution in [0.1, 0.15) is 109 Å². The predicted molar refractivity (Wildman–Crippen MR) is 218 cm³/mol. The normalized spacial score (nSPS) is 17.9. The molecular formula is C47H56N4O. The van der Waals surface area contributed by atoms with E-state index in [-0.39, 0.29) is 0 Å². The molecule has 270 valence electrons. The van der Waals surface area contributed by atoms with Gasteiger partial charge in [-0.2, -0.15) is 5.10 Å². The van der Waals surface area contributed by atoms with Gasteiger partial charge in [0.2, 0.25) is 0 Å². The van der Waals surface area contributed by atoms with Crippen molar-refractivity contribution in [3.05, 3.63) is 119 Å². The van der Waals surface area contributed by atoms with Crippen molar-refractivity contribution in [2.75, 3.05) is 0 Å². The number of hydrogen-bond acceptors (Lipinski definition) is 3. The van der Waals surface area contributed by atoms with Crippen molar-refractivity contribution in [1.29, 1.82) is 0 Å². The molecule has 3 aromatic heterocycles. The Balaban J connectivity index is 1.34. The minimum atomic E-state index is 0.325. The van der Waals surface area contributed by atoms with Gasteiger partial charge in [0.05, 0.1) is 22.4 Å². The zero-order valence-corrected chi connectivity index (χ0v) is 32.9. The molecule has 0 bridgehead atoms. The van der Waals surface area contributed by atoms with Gasteiger partial charge in [-0.05, 0) is 116 Å². The molecule has 0 aliphatic heterocycles. The standard InChI is InChI=1S/C47H56N4O/c1-28(2)19-35-17-18-48-45(23-35)50-42-14-12-11-13-40(42)41-16-15-38(27-43(41)50)52-39-25-36(30(5)6)24-37(26-39)51-44(20-29(3)4)47(34(10)49-51)46-32(8)21-31(7)22-33(46)9/h11-18,21,23-31,33,46H,19-20,22H2,1-10H3/t31-,33?,46-/m0/s1. The first-order valence-corrected chi connectivity index (χ1v) is 19.5. The second-order valence-corrected chi connectivity index (χ2v) is 16.7. The lowest BCUT2D eigenvalue weighted by molar-refractivity contribution is 0.388. The number of nitrogens with zero attached hydrogens (tertiary/aromatic N) is 4. The molecule has 7 rings (SSSR count). The molecule has 3 heterocycles. The molecule has 0 spiro atoms. The van der Waals surface area contributed by atoms with Crippen LogP contribution >= 0.6 is 0 Å². The van der Waals surface area contributed by atoms with Gasteiger partial charge >= 0.3 is 0 Å². The lowest BCUT2D eigenvalue weighted by Crippen LogP contribution is -2.21. The summed E-state index contributed by atoms with van der Waals surface area (Å²) in [5.74, 6) is 5.52. The summed E-state index contributed by atoms with van der Waals surface area (Å²) in [5, 5.41) is 7.70. The number of aromatic nitrogens is 4. The average Bonchev–Trinajstić information content (AvgIpc) is 3.57. The van der Waals surface area contributed by atoms with Crippen LogP contribution in [0.25, 0.3) is 33.3 Å². The Bertz CT molecular complexity index is 2260. The Morgan fingerprint density at radius 1 is 0.788 bits per heavy atom. The van der Waals surface area contributed by atoms with Crippen molar-refractivity contribution in [1.82, 2.24) is 19.3 Å². The van der Waals surface area contributed by atoms with Crippen LogP contribution in [0.15, 0.2) is 90.6 Å². The molecule has 0 saturated heterocycles. The molecule has 0 radical (unpaired) electrons. The highest BCUT2D eigenvalue weighted by atomic mass is 16.5. The topological polar surface area (TPSA) is 44.9 Å². The Hall–Kier alpha value is -4.64. The molecule has 0 amide bonds. The van der Waals surface area contributed by atoms with Crippen LogP contribution in [0.3, 0.4) is 0 Å². The molecule has 1 unspecified atom stereocenters. The van der Waals surface area contributed by atoms with E-state index in [1.807, 2.05) is 6.20 Å². The molecule has 0 N–H and O–H groups in total. The summed E-state index contributed by atoms with van der Waals surface area (Å²) >= 11 is 0. The first-order chi connectivity index (χ1) is 24.9. The van der Waals surface area contributed by atoms with Gasteiger partial charge in [0.1, 0.15) is 17.3 Å². The van der Waals surface area contributed by atoms with E-state index < -0.39 is 0 Å². The quantitative estimate of drug-likeness (QED) is 0.134. The van der Waals surface area contributed by atoms with Gasteiger partial charge in [0.15, 0.2) is 0 Å². The lowest BCUT2D eigenvalue weighted by Gasteiger charge is -2.33. The SMILES string of the molecule is CC1=C[C@H](C)CC(C)[C@H]1c1c(C)nn(-c2cc(Oc3ccc4c5ccccc5n(-c5cc(CC(C)C)ccn5)c4c3)cc(C(C)C)c2)c1CC(C)C. The van der Waals surface area contributed by atoms with Crippen molar-refractivity contribution in [2.24, 2.45) is 23.7 Å². The maximum atomic E-state index is 6.84. The number of rotatable bonds is 10. The van der Waals surface area contributed by atoms with Crippen molar-refractivity contribution in [3.8, 4) is 23.0 Å². The molecule has 3 atom stereocenters. The molecule has 5 nitrogen and oxygen atoms in total. The molecule has 0 fully saturated rings. The number of benzene rings is 3. The molecule has 0 saturated carbocycles. The smallest absolute Gasteiger partial charge is 0.137 e. The number of aryl methyl sites for hydroxylation is 1. The van der Waals surface area contributed by atoms with Gasteiger partial charge in [0, 0.05) is 46.3 Å². The van der Waals surface area contributed by atoms with Crippen molar-refractivity contribution >= 4 is 21.8 Å². The summed E-state index contributed by atoms with van der Waals surface area (Å²) < 4.78 is 11.4. The Morgan fingerprint density at radius 2 is 1.54 bits per heavy atom. The van der Waals surface area contributed by atoms with Crippen LogP contribution in [-0.4, -0.2) is 19.3 Å². The van der Waals surface area contributed by atoms with Crippen LogP contribution in [0.5, 0.6) is 11.5 Å². The first-order valence-electron chi connectivity index (χ1n) is 19.5. The van der Waals surface area contributed by atoms with E-state index in [0.29, 0.717) is 35.5 Å². The van der Waals surface area contributed by atoms with Crippen LogP contribution in [-0.2, 0) is 12.8 Å². The Kier molecular flexibility index (Phi) is 9.91. The van der Waals surface area contributed by atoms with Gasteiger partial charge in [-0.25, -0.2) is 9.67 Å². The van der Waals surface area contributed by atoms with Gasteiger partial charge < -0.3 is 4.74 Å². The zero-order valence-electron chi connectivity index (χ0n) is 32.9. The van der Waals surface area contributed by atoms with Crippen molar-refractivity contribution in [3.63, 3.8) is 0 Å². The van der Waals surface area contributed by atoms with Crippen LogP contribution < -0.4 is 4.74 Å². The minimum absolute atomic E-state index is 0.325. The second kappa shape index (κ2) is 14.4. The van der Waals surface area contributed by atoms with E-state index in [4.69, 9.17) is 14.8 Å². The van der Waals surface area contributed by atoms with E-state index >= 15 is 0 Å². The van der Waals surface area contributed by atoms with Gasteiger partial charge in [-0.15, -0.1) is 0 Å². The number of ether oxygens (including phenoxy) is 1. The number of hydrogen-bond donors (Lipinski definition) is 0. The lowest BCUT2D eigenvalue weighted by atomic mass is 9.72. The third-order valence-electron chi connectivity index (χ3n) is 10.9. The monoisotopic (exact) mass is 692 g/mol. The Morgan fingerprint density at radius 3 is 2.27 bits per heavy atom. The van der Waals surface area contributed by atoms with Gasteiger partial charge in [-0.1, -0.05) is 85.2 Å². The molecule has 3 aromatic carbocycles. The molecule has 1 aliphatic rings. The van der Waals surface area contributed by atoms with Gasteiger partial charge in [-0.3, -0.25) is 4.57 Å². The fraction of sp³-hybridized carbons (Fsp3) is 0.404. The summed E-state index contributed by atoms with van der Waals surface area (Å²) in [6, 6.07) is 26.1. The summed E-state index contributed by atoms with van der Waals surface area (Å²) in [6.45, 7) is 23.0. The van der Waals surface area contributed by atoms with E-state index in [0.717, 1.165) is 52.6 Å². The second-order valence-electron chi connectivity index (χ2n) is 16.7. The molecular weight excluding hydrogens is 637 g/mol. The van der Waals surface area contributed by atoms with Crippen LogP contribution in [0.2, 0.25) is 0 Å². The summed E-state index contributed by atoms with van der Waals surface area (Å²) in [4.78, 5) is 4.87. The maximum absolute atomic E-state index is 6.84. The van der Waals surface area contributed by atoms with Crippen molar-refractivity contribution < 1.29 is 4.74 Å². The molecule has 1 aliphatic carbocycles. The summed E-state index contributed by atoms with van der Waals surface area (Å²) in [6.07, 6.45) is 7.62. The molecule has 6 aromatic rings. The van der Waals surface area contributed by atoms with E-state index in [9.17, 15) is 0 Å². The molecule has 52 heavy (non-hydrogen) atoms. The fourth-order valence-corrected chi connectivity index (χ4v) is 8.79. The highest BCUT2D eigenvalue weighted by Crippen LogP contribution is 2.44.